The third-order valence-electron chi connectivity index (χ3n) is 3.87. The number of halogens is 1. The third-order valence-corrected chi connectivity index (χ3v) is 3.87. The number of methoxy groups -OCH3 is 1. The molecule has 2 heterocycles. The molecule has 3 rings (SSSR count). The molecule has 1 aromatic heterocycles. The van der Waals surface area contributed by atoms with Crippen LogP contribution in [0.25, 0.3) is 0 Å². The molecule has 1 amide bonds. The minimum atomic E-state index is -0.515. The summed E-state index contributed by atoms with van der Waals surface area (Å²) in [6, 6.07) is 7.25. The Morgan fingerprint density at radius 3 is 2.79 bits per heavy atom. The second-order valence-corrected chi connectivity index (χ2v) is 5.52. The number of nitrogens with zero attached hydrogens (tertiary/aromatic N) is 3. The van der Waals surface area contributed by atoms with Crippen molar-refractivity contribution in [1.82, 2.24) is 14.9 Å². The van der Waals surface area contributed by atoms with E-state index in [1.807, 2.05) is 6.07 Å². The van der Waals surface area contributed by atoms with Crippen molar-refractivity contribution in [2.24, 2.45) is 0 Å². The van der Waals surface area contributed by atoms with E-state index in [2.05, 4.69) is 9.97 Å². The standard InChI is InChI=1S/C17H18FN3O3/c1-23-15-7-3-2-6-14(15)16(22)21-8-4-5-13(11-21)24-17-19-9-12(18)10-20-17/h2-3,6-7,9-10,13H,4-5,8,11H2,1H3. The normalized spacial score (nSPS) is 17.4. The van der Waals surface area contributed by atoms with Crippen molar-refractivity contribution in [3.8, 4) is 11.8 Å². The van der Waals surface area contributed by atoms with Crippen molar-refractivity contribution in [2.45, 2.75) is 18.9 Å². The van der Waals surface area contributed by atoms with Gasteiger partial charge in [-0.05, 0) is 25.0 Å². The first-order valence-electron chi connectivity index (χ1n) is 7.74. The molecule has 0 saturated carbocycles. The van der Waals surface area contributed by atoms with E-state index in [9.17, 15) is 9.18 Å². The predicted molar refractivity (Wildman–Crippen MR) is 84.5 cm³/mol. The van der Waals surface area contributed by atoms with Crippen molar-refractivity contribution in [1.29, 1.82) is 0 Å². The number of aromatic nitrogens is 2. The minimum absolute atomic E-state index is 0.0965. The molecule has 24 heavy (non-hydrogen) atoms. The summed E-state index contributed by atoms with van der Waals surface area (Å²) in [5.41, 5.74) is 0.527. The fourth-order valence-corrected chi connectivity index (χ4v) is 2.72. The van der Waals surface area contributed by atoms with Crippen LogP contribution in [0, 0.1) is 5.82 Å². The number of hydrogen-bond donors (Lipinski definition) is 0. The Bertz CT molecular complexity index is 708. The Labute approximate surface area is 139 Å². The van der Waals surface area contributed by atoms with E-state index in [0.717, 1.165) is 25.2 Å². The van der Waals surface area contributed by atoms with Gasteiger partial charge in [0.05, 0.1) is 31.6 Å². The lowest BCUT2D eigenvalue weighted by Crippen LogP contribution is -2.44. The highest BCUT2D eigenvalue weighted by molar-refractivity contribution is 5.97. The molecule has 0 bridgehead atoms. The van der Waals surface area contributed by atoms with Crippen molar-refractivity contribution in [3.63, 3.8) is 0 Å². The maximum absolute atomic E-state index is 12.8. The zero-order valence-corrected chi connectivity index (χ0v) is 13.3. The molecule has 0 aliphatic carbocycles. The number of ether oxygens (including phenoxy) is 2. The molecule has 7 heteroatoms. The third kappa shape index (κ3) is 3.61. The van der Waals surface area contributed by atoms with E-state index in [1.165, 1.54) is 0 Å². The van der Waals surface area contributed by atoms with Crippen molar-refractivity contribution in [2.75, 3.05) is 20.2 Å². The van der Waals surface area contributed by atoms with Crippen LogP contribution >= 0.6 is 0 Å². The van der Waals surface area contributed by atoms with Gasteiger partial charge in [0.25, 0.3) is 5.91 Å². The summed E-state index contributed by atoms with van der Waals surface area (Å²) >= 11 is 0. The summed E-state index contributed by atoms with van der Waals surface area (Å²) in [7, 11) is 1.54. The molecular formula is C17H18FN3O3. The van der Waals surface area contributed by atoms with Crippen LogP contribution in [-0.2, 0) is 0 Å². The maximum atomic E-state index is 12.8. The lowest BCUT2D eigenvalue weighted by Gasteiger charge is -2.32. The Hall–Kier alpha value is -2.70. The van der Waals surface area contributed by atoms with Crippen LogP contribution in [-0.4, -0.2) is 47.1 Å². The Balaban J connectivity index is 1.68. The molecular weight excluding hydrogens is 313 g/mol. The van der Waals surface area contributed by atoms with Gasteiger partial charge in [-0.15, -0.1) is 0 Å². The molecule has 126 valence electrons. The molecule has 6 nitrogen and oxygen atoms in total. The summed E-state index contributed by atoms with van der Waals surface area (Å²) in [4.78, 5) is 22.1. The molecule has 1 aromatic carbocycles. The molecule has 1 saturated heterocycles. The molecule has 1 atom stereocenters. The summed E-state index contributed by atoms with van der Waals surface area (Å²) < 4.78 is 23.8. The fourth-order valence-electron chi connectivity index (χ4n) is 2.72. The average molecular weight is 331 g/mol. The number of likely N-dealkylation sites (tertiary alicyclic amines) is 1. The van der Waals surface area contributed by atoms with Crippen LogP contribution in [0.3, 0.4) is 0 Å². The predicted octanol–water partition coefficient (Wildman–Crippen LogP) is 2.31. The lowest BCUT2D eigenvalue weighted by atomic mass is 10.1. The quantitative estimate of drug-likeness (QED) is 0.860. The van der Waals surface area contributed by atoms with Gasteiger partial charge in [0.2, 0.25) is 0 Å². The van der Waals surface area contributed by atoms with Gasteiger partial charge in [-0.3, -0.25) is 4.79 Å². The summed E-state index contributed by atoms with van der Waals surface area (Å²) in [5, 5.41) is 0. The number of hydrogen-bond acceptors (Lipinski definition) is 5. The van der Waals surface area contributed by atoms with E-state index in [1.54, 1.807) is 30.2 Å². The number of carbonyl (C=O) groups excluding carboxylic acids is 1. The van der Waals surface area contributed by atoms with Crippen LogP contribution in [0.1, 0.15) is 23.2 Å². The van der Waals surface area contributed by atoms with Crippen LogP contribution in [0.5, 0.6) is 11.8 Å². The van der Waals surface area contributed by atoms with Crippen LogP contribution in [0.15, 0.2) is 36.7 Å². The van der Waals surface area contributed by atoms with Gasteiger partial charge in [0.15, 0.2) is 5.82 Å². The van der Waals surface area contributed by atoms with E-state index in [0.29, 0.717) is 24.4 Å². The zero-order valence-electron chi connectivity index (χ0n) is 13.3. The SMILES string of the molecule is COc1ccccc1C(=O)N1CCCC(Oc2ncc(F)cn2)C1. The second kappa shape index (κ2) is 7.25. The topological polar surface area (TPSA) is 64.5 Å². The second-order valence-electron chi connectivity index (χ2n) is 5.52. The maximum Gasteiger partial charge on any atom is 0.316 e. The molecule has 1 fully saturated rings. The van der Waals surface area contributed by atoms with Gasteiger partial charge in [-0.25, -0.2) is 14.4 Å². The number of amides is 1. The molecule has 0 spiro atoms. The molecule has 2 aromatic rings. The van der Waals surface area contributed by atoms with Crippen LogP contribution in [0.4, 0.5) is 4.39 Å². The fraction of sp³-hybridized carbons (Fsp3) is 0.353. The van der Waals surface area contributed by atoms with Gasteiger partial charge in [-0.1, -0.05) is 12.1 Å². The van der Waals surface area contributed by atoms with Gasteiger partial charge in [0, 0.05) is 6.54 Å². The zero-order chi connectivity index (χ0) is 16.9. The summed E-state index contributed by atoms with van der Waals surface area (Å²) in [6.07, 6.45) is 3.50. The highest BCUT2D eigenvalue weighted by atomic mass is 19.1. The molecule has 1 unspecified atom stereocenters. The largest absolute Gasteiger partial charge is 0.496 e. The number of para-hydroxylation sites is 1. The highest BCUT2D eigenvalue weighted by Crippen LogP contribution is 2.22. The highest BCUT2D eigenvalue weighted by Gasteiger charge is 2.27. The molecule has 1 aliphatic heterocycles. The first-order valence-corrected chi connectivity index (χ1v) is 7.74. The van der Waals surface area contributed by atoms with Gasteiger partial charge in [0.1, 0.15) is 11.9 Å². The van der Waals surface area contributed by atoms with Crippen molar-refractivity contribution < 1.29 is 18.7 Å². The molecule has 1 aliphatic rings. The van der Waals surface area contributed by atoms with Crippen molar-refractivity contribution in [3.05, 3.63) is 48.0 Å². The Kier molecular flexibility index (Phi) is 4.88. The first-order chi connectivity index (χ1) is 11.7. The molecule has 0 N–H and O–H groups in total. The monoisotopic (exact) mass is 331 g/mol. The number of piperidine rings is 1. The Morgan fingerprint density at radius 2 is 2.04 bits per heavy atom. The minimum Gasteiger partial charge on any atom is -0.496 e. The Morgan fingerprint density at radius 1 is 1.29 bits per heavy atom. The summed E-state index contributed by atoms with van der Waals surface area (Å²) in [5.74, 6) is -0.0628. The van der Waals surface area contributed by atoms with Crippen LogP contribution in [0.2, 0.25) is 0 Å². The number of carbonyl (C=O) groups is 1. The summed E-state index contributed by atoms with van der Waals surface area (Å²) in [6.45, 7) is 1.08. The number of rotatable bonds is 4. The van der Waals surface area contributed by atoms with E-state index >= 15 is 0 Å². The smallest absolute Gasteiger partial charge is 0.316 e. The lowest BCUT2D eigenvalue weighted by molar-refractivity contribution is 0.0512. The first kappa shape index (κ1) is 16.2. The average Bonchev–Trinajstić information content (AvgIpc) is 2.63. The van der Waals surface area contributed by atoms with E-state index in [-0.39, 0.29) is 18.0 Å². The van der Waals surface area contributed by atoms with E-state index in [4.69, 9.17) is 9.47 Å². The van der Waals surface area contributed by atoms with Gasteiger partial charge in [-0.2, -0.15) is 0 Å². The van der Waals surface area contributed by atoms with Gasteiger partial charge < -0.3 is 14.4 Å². The molecule has 0 radical (unpaired) electrons. The number of benzene rings is 1. The van der Waals surface area contributed by atoms with Gasteiger partial charge >= 0.3 is 6.01 Å². The van der Waals surface area contributed by atoms with Crippen molar-refractivity contribution >= 4 is 5.91 Å². The van der Waals surface area contributed by atoms with E-state index < -0.39 is 5.82 Å². The van der Waals surface area contributed by atoms with Crippen LogP contribution < -0.4 is 9.47 Å².